The molecule has 0 aliphatic heterocycles. The minimum atomic E-state index is -4.79. The van der Waals surface area contributed by atoms with Gasteiger partial charge in [0, 0.05) is 16.4 Å². The molecule has 0 bridgehead atoms. The maximum absolute atomic E-state index is 12.2. The molecular formula is C14H14F3NO4S. The number of aliphatic hydroxyl groups is 1. The van der Waals surface area contributed by atoms with E-state index in [0.717, 1.165) is 0 Å². The molecule has 0 amide bonds. The Morgan fingerprint density at radius 2 is 2.17 bits per heavy atom. The molecule has 23 heavy (non-hydrogen) atoms. The van der Waals surface area contributed by atoms with Gasteiger partial charge in [-0.25, -0.2) is 4.98 Å². The van der Waals surface area contributed by atoms with Crippen molar-refractivity contribution >= 4 is 10.8 Å². The van der Waals surface area contributed by atoms with Crippen LogP contribution in [-0.4, -0.2) is 39.4 Å². The number of alkyl halides is 3. The second kappa shape index (κ2) is 7.14. The third-order valence-corrected chi connectivity index (χ3v) is 4.20. The Hall–Kier alpha value is -1.87. The summed E-state index contributed by atoms with van der Waals surface area (Å²) >= 11 is 0. The quantitative estimate of drug-likeness (QED) is 0.868. The molecule has 2 unspecified atom stereocenters. The molecule has 0 saturated heterocycles. The number of oxazole rings is 1. The average Bonchev–Trinajstić information content (AvgIpc) is 2.94. The molecule has 2 rings (SSSR count). The molecule has 1 aromatic carbocycles. The van der Waals surface area contributed by atoms with Crippen LogP contribution in [0.15, 0.2) is 34.9 Å². The van der Waals surface area contributed by atoms with Crippen molar-refractivity contribution in [1.82, 2.24) is 4.98 Å². The summed E-state index contributed by atoms with van der Waals surface area (Å²) in [5.41, 5.74) is 0.868. The SMILES string of the molecule is COc1cccc(-c2nc(CS(=O)CC(O)C(F)(F)F)co2)c1. The second-order valence-electron chi connectivity index (χ2n) is 4.68. The largest absolute Gasteiger partial charge is 0.497 e. The lowest BCUT2D eigenvalue weighted by molar-refractivity contribution is -0.196. The van der Waals surface area contributed by atoms with E-state index in [1.165, 1.54) is 13.4 Å². The van der Waals surface area contributed by atoms with Crippen molar-refractivity contribution in [2.45, 2.75) is 18.0 Å². The van der Waals surface area contributed by atoms with E-state index in [4.69, 9.17) is 14.3 Å². The fourth-order valence-corrected chi connectivity index (χ4v) is 2.88. The normalized spacial score (nSPS) is 14.5. The monoisotopic (exact) mass is 349 g/mol. The maximum atomic E-state index is 12.2. The highest BCUT2D eigenvalue weighted by atomic mass is 32.2. The van der Waals surface area contributed by atoms with Gasteiger partial charge in [-0.1, -0.05) is 6.07 Å². The third-order valence-electron chi connectivity index (χ3n) is 2.90. The van der Waals surface area contributed by atoms with Gasteiger partial charge >= 0.3 is 6.18 Å². The van der Waals surface area contributed by atoms with Crippen LogP contribution >= 0.6 is 0 Å². The fraction of sp³-hybridized carbons (Fsp3) is 0.357. The number of nitrogens with zero attached hydrogens (tertiary/aromatic N) is 1. The van der Waals surface area contributed by atoms with Crippen molar-refractivity contribution in [2.24, 2.45) is 0 Å². The van der Waals surface area contributed by atoms with Crippen molar-refractivity contribution in [3.8, 4) is 17.2 Å². The predicted octanol–water partition coefficient (Wildman–Crippen LogP) is 2.52. The lowest BCUT2D eigenvalue weighted by Crippen LogP contribution is -2.33. The van der Waals surface area contributed by atoms with E-state index < -0.39 is 28.8 Å². The Morgan fingerprint density at radius 1 is 1.43 bits per heavy atom. The van der Waals surface area contributed by atoms with Crippen LogP contribution in [0, 0.1) is 0 Å². The number of rotatable bonds is 6. The number of hydrogen-bond acceptors (Lipinski definition) is 5. The molecule has 0 radical (unpaired) electrons. The van der Waals surface area contributed by atoms with Crippen LogP contribution in [0.1, 0.15) is 5.69 Å². The van der Waals surface area contributed by atoms with Crippen LogP contribution in [0.2, 0.25) is 0 Å². The van der Waals surface area contributed by atoms with Gasteiger partial charge in [-0.2, -0.15) is 13.2 Å². The molecule has 5 nitrogen and oxygen atoms in total. The van der Waals surface area contributed by atoms with Crippen LogP contribution in [0.4, 0.5) is 13.2 Å². The molecule has 0 aliphatic rings. The molecule has 2 atom stereocenters. The number of methoxy groups -OCH3 is 1. The summed E-state index contributed by atoms with van der Waals surface area (Å²) in [6.07, 6.45) is -6.18. The van der Waals surface area contributed by atoms with Gasteiger partial charge in [-0.15, -0.1) is 0 Å². The first-order chi connectivity index (χ1) is 10.8. The van der Waals surface area contributed by atoms with Crippen molar-refractivity contribution in [1.29, 1.82) is 0 Å². The molecule has 1 aromatic heterocycles. The van der Waals surface area contributed by atoms with Crippen LogP contribution in [0.5, 0.6) is 5.75 Å². The number of hydrogen-bond donors (Lipinski definition) is 1. The highest BCUT2D eigenvalue weighted by molar-refractivity contribution is 7.84. The van der Waals surface area contributed by atoms with Crippen LogP contribution in [0.25, 0.3) is 11.5 Å². The highest BCUT2D eigenvalue weighted by Gasteiger charge is 2.39. The Labute approximate surface area is 132 Å². The molecule has 1 N–H and O–H groups in total. The van der Waals surface area contributed by atoms with E-state index in [1.54, 1.807) is 24.3 Å². The van der Waals surface area contributed by atoms with Gasteiger partial charge in [0.1, 0.15) is 12.0 Å². The van der Waals surface area contributed by atoms with E-state index in [1.807, 2.05) is 0 Å². The molecule has 0 aliphatic carbocycles. The number of aromatic nitrogens is 1. The maximum Gasteiger partial charge on any atom is 0.415 e. The summed E-state index contributed by atoms with van der Waals surface area (Å²) in [5.74, 6) is -0.294. The van der Waals surface area contributed by atoms with Gasteiger partial charge < -0.3 is 14.3 Å². The van der Waals surface area contributed by atoms with Crippen molar-refractivity contribution in [2.75, 3.05) is 12.9 Å². The molecule has 0 spiro atoms. The van der Waals surface area contributed by atoms with Gasteiger partial charge in [0.2, 0.25) is 5.89 Å². The molecule has 9 heteroatoms. The molecule has 1 heterocycles. The Kier molecular flexibility index (Phi) is 5.42. The van der Waals surface area contributed by atoms with Crippen LogP contribution in [-0.2, 0) is 16.6 Å². The second-order valence-corrected chi connectivity index (χ2v) is 6.19. The number of aliphatic hydroxyl groups excluding tert-OH is 1. The predicted molar refractivity (Wildman–Crippen MR) is 77.3 cm³/mol. The van der Waals surface area contributed by atoms with Gasteiger partial charge in [0.15, 0.2) is 6.10 Å². The van der Waals surface area contributed by atoms with Crippen molar-refractivity contribution in [3.05, 3.63) is 36.2 Å². The van der Waals surface area contributed by atoms with E-state index in [0.29, 0.717) is 11.3 Å². The standard InChI is InChI=1S/C14H14F3NO4S/c1-21-11-4-2-3-9(5-11)13-18-10(6-22-13)7-23(20)8-12(19)14(15,16)17/h2-6,12,19H,7-8H2,1H3. The van der Waals surface area contributed by atoms with Crippen LogP contribution in [0.3, 0.4) is 0 Å². The summed E-state index contributed by atoms with van der Waals surface area (Å²) in [5, 5.41) is 8.90. The Balaban J connectivity index is 2.03. The summed E-state index contributed by atoms with van der Waals surface area (Å²) in [4.78, 5) is 4.09. The molecule has 2 aromatic rings. The topological polar surface area (TPSA) is 72.6 Å². The first kappa shape index (κ1) is 17.5. The number of ether oxygens (including phenoxy) is 1. The van der Waals surface area contributed by atoms with E-state index in [-0.39, 0.29) is 17.3 Å². The van der Waals surface area contributed by atoms with Gasteiger partial charge in [0.05, 0.1) is 24.3 Å². The van der Waals surface area contributed by atoms with E-state index in [9.17, 15) is 17.4 Å². The fourth-order valence-electron chi connectivity index (χ4n) is 1.76. The highest BCUT2D eigenvalue weighted by Crippen LogP contribution is 2.24. The average molecular weight is 349 g/mol. The van der Waals surface area contributed by atoms with Crippen molar-refractivity contribution < 1.29 is 31.6 Å². The van der Waals surface area contributed by atoms with E-state index >= 15 is 0 Å². The molecule has 0 fully saturated rings. The zero-order valence-corrected chi connectivity index (χ0v) is 12.9. The third kappa shape index (κ3) is 4.80. The Bertz CT molecular complexity index is 687. The molecular weight excluding hydrogens is 335 g/mol. The summed E-state index contributed by atoms with van der Waals surface area (Å²) in [6, 6.07) is 6.87. The summed E-state index contributed by atoms with van der Waals surface area (Å²) < 4.78 is 58.6. The summed E-state index contributed by atoms with van der Waals surface area (Å²) in [6.45, 7) is 0. The number of benzene rings is 1. The summed E-state index contributed by atoms with van der Waals surface area (Å²) in [7, 11) is -0.405. The molecule has 126 valence electrons. The number of halogens is 3. The lowest BCUT2D eigenvalue weighted by atomic mass is 10.2. The first-order valence-electron chi connectivity index (χ1n) is 6.48. The zero-order chi connectivity index (χ0) is 17.0. The molecule has 0 saturated carbocycles. The lowest BCUT2D eigenvalue weighted by Gasteiger charge is -2.13. The smallest absolute Gasteiger partial charge is 0.415 e. The minimum absolute atomic E-state index is 0.236. The zero-order valence-electron chi connectivity index (χ0n) is 12.0. The van der Waals surface area contributed by atoms with Crippen molar-refractivity contribution in [3.63, 3.8) is 0 Å². The van der Waals surface area contributed by atoms with Crippen LogP contribution < -0.4 is 4.74 Å². The van der Waals surface area contributed by atoms with Gasteiger partial charge in [0.25, 0.3) is 0 Å². The van der Waals surface area contributed by atoms with E-state index in [2.05, 4.69) is 4.98 Å². The van der Waals surface area contributed by atoms with Gasteiger partial charge in [-0.05, 0) is 18.2 Å². The minimum Gasteiger partial charge on any atom is -0.497 e. The Morgan fingerprint density at radius 3 is 2.83 bits per heavy atom. The first-order valence-corrected chi connectivity index (χ1v) is 7.97. The van der Waals surface area contributed by atoms with Gasteiger partial charge in [-0.3, -0.25) is 4.21 Å².